The summed E-state index contributed by atoms with van der Waals surface area (Å²) in [6.45, 7) is 3.72. The number of hydrogen-bond acceptors (Lipinski definition) is 4. The Morgan fingerprint density at radius 1 is 1.62 bits per heavy atom. The molecule has 90 valence electrons. The van der Waals surface area contributed by atoms with Gasteiger partial charge in [-0.25, -0.2) is 13.1 Å². The fourth-order valence-corrected chi connectivity index (χ4v) is 3.12. The van der Waals surface area contributed by atoms with Crippen LogP contribution in [0, 0.1) is 5.92 Å². The highest BCUT2D eigenvalue weighted by molar-refractivity contribution is 7.89. The first kappa shape index (κ1) is 11.6. The van der Waals surface area contributed by atoms with Gasteiger partial charge < -0.3 is 5.32 Å². The van der Waals surface area contributed by atoms with E-state index < -0.39 is 10.0 Å². The molecule has 1 aliphatic heterocycles. The Hall–Kier alpha value is -0.920. The van der Waals surface area contributed by atoms with Crippen molar-refractivity contribution in [3.05, 3.63) is 12.3 Å². The molecule has 3 N–H and O–H groups in total. The largest absolute Gasteiger partial charge is 0.316 e. The zero-order chi connectivity index (χ0) is 11.6. The van der Waals surface area contributed by atoms with Gasteiger partial charge in [0, 0.05) is 6.04 Å². The summed E-state index contributed by atoms with van der Waals surface area (Å²) in [5.74, 6) is 0.359. The average molecular weight is 244 g/mol. The summed E-state index contributed by atoms with van der Waals surface area (Å²) in [5, 5.41) is 9.43. The van der Waals surface area contributed by atoms with E-state index in [0.29, 0.717) is 5.92 Å². The van der Waals surface area contributed by atoms with Crippen LogP contribution in [0.25, 0.3) is 0 Å². The van der Waals surface area contributed by atoms with Gasteiger partial charge in [0.2, 0.25) is 0 Å². The maximum Gasteiger partial charge on any atom is 0.257 e. The molecule has 1 aromatic heterocycles. The second kappa shape index (κ2) is 4.52. The molecular weight excluding hydrogens is 228 g/mol. The lowest BCUT2D eigenvalue weighted by molar-refractivity contribution is 0.443. The number of aromatic nitrogens is 2. The van der Waals surface area contributed by atoms with Gasteiger partial charge >= 0.3 is 0 Å². The van der Waals surface area contributed by atoms with E-state index in [-0.39, 0.29) is 11.1 Å². The summed E-state index contributed by atoms with van der Waals surface area (Å²) in [6.07, 6.45) is 2.43. The van der Waals surface area contributed by atoms with Crippen LogP contribution in [0.15, 0.2) is 17.3 Å². The van der Waals surface area contributed by atoms with E-state index in [0.717, 1.165) is 19.5 Å². The van der Waals surface area contributed by atoms with Crippen LogP contribution in [0.3, 0.4) is 0 Å². The summed E-state index contributed by atoms with van der Waals surface area (Å²) in [4.78, 5) is 0. The number of aromatic amines is 1. The normalized spacial score (nSPS) is 23.4. The molecule has 2 atom stereocenters. The van der Waals surface area contributed by atoms with Crippen molar-refractivity contribution in [3.63, 3.8) is 0 Å². The number of hydrogen-bond donors (Lipinski definition) is 3. The lowest BCUT2D eigenvalue weighted by atomic mass is 10.0. The van der Waals surface area contributed by atoms with Crippen molar-refractivity contribution in [1.82, 2.24) is 20.2 Å². The molecule has 16 heavy (non-hydrogen) atoms. The molecule has 2 unspecified atom stereocenters. The van der Waals surface area contributed by atoms with Crippen LogP contribution in [0.5, 0.6) is 0 Å². The van der Waals surface area contributed by atoms with Crippen LogP contribution in [0.4, 0.5) is 0 Å². The Morgan fingerprint density at radius 3 is 3.00 bits per heavy atom. The van der Waals surface area contributed by atoms with Gasteiger partial charge in [0.1, 0.15) is 0 Å². The standard InChI is InChI=1S/C9H16N4O2S/c1-7(8-2-4-10-6-8)13-16(14,15)9-3-5-11-12-9/h3,5,7-8,10,13H,2,4,6H2,1H3,(H,11,12). The first-order valence-electron chi connectivity index (χ1n) is 5.32. The molecule has 0 aliphatic carbocycles. The maximum absolute atomic E-state index is 11.9. The molecule has 0 bridgehead atoms. The number of H-pyrrole nitrogens is 1. The van der Waals surface area contributed by atoms with Crippen LogP contribution >= 0.6 is 0 Å². The predicted octanol–water partition coefficient (Wildman–Crippen LogP) is -0.314. The monoisotopic (exact) mass is 244 g/mol. The van der Waals surface area contributed by atoms with E-state index in [1.165, 1.54) is 12.3 Å². The predicted molar refractivity (Wildman–Crippen MR) is 59.3 cm³/mol. The number of nitrogens with one attached hydrogen (secondary N) is 3. The minimum Gasteiger partial charge on any atom is -0.316 e. The van der Waals surface area contributed by atoms with Crippen molar-refractivity contribution in [2.75, 3.05) is 13.1 Å². The smallest absolute Gasteiger partial charge is 0.257 e. The third-order valence-corrected chi connectivity index (χ3v) is 4.40. The SMILES string of the molecule is CC(NS(=O)(=O)c1ccn[nH]1)C1CCNC1. The van der Waals surface area contributed by atoms with Crippen molar-refractivity contribution in [2.45, 2.75) is 24.4 Å². The molecule has 6 nitrogen and oxygen atoms in total. The minimum atomic E-state index is -3.45. The summed E-state index contributed by atoms with van der Waals surface area (Å²) >= 11 is 0. The molecule has 0 aromatic carbocycles. The Bertz CT molecular complexity index is 422. The lowest BCUT2D eigenvalue weighted by Gasteiger charge is -2.18. The quantitative estimate of drug-likeness (QED) is 0.678. The average Bonchev–Trinajstić information content (AvgIpc) is 2.91. The maximum atomic E-state index is 11.9. The highest BCUT2D eigenvalue weighted by atomic mass is 32.2. The fraction of sp³-hybridized carbons (Fsp3) is 0.667. The number of sulfonamides is 1. The van der Waals surface area contributed by atoms with E-state index in [1.807, 2.05) is 6.92 Å². The molecule has 0 spiro atoms. The molecule has 0 radical (unpaired) electrons. The van der Waals surface area contributed by atoms with Gasteiger partial charge in [-0.1, -0.05) is 0 Å². The second-order valence-corrected chi connectivity index (χ2v) is 5.77. The first-order valence-corrected chi connectivity index (χ1v) is 6.80. The van der Waals surface area contributed by atoms with Crippen LogP contribution < -0.4 is 10.0 Å². The van der Waals surface area contributed by atoms with Crippen molar-refractivity contribution in [2.24, 2.45) is 5.92 Å². The van der Waals surface area contributed by atoms with Gasteiger partial charge in [-0.3, -0.25) is 5.10 Å². The molecular formula is C9H16N4O2S. The first-order chi connectivity index (χ1) is 7.59. The minimum absolute atomic E-state index is 0.0664. The molecule has 1 fully saturated rings. The van der Waals surface area contributed by atoms with Gasteiger partial charge in [0.15, 0.2) is 5.03 Å². The summed E-state index contributed by atoms with van der Waals surface area (Å²) in [6, 6.07) is 1.38. The van der Waals surface area contributed by atoms with Crippen LogP contribution in [-0.4, -0.2) is 37.7 Å². The van der Waals surface area contributed by atoms with Gasteiger partial charge in [0.25, 0.3) is 10.0 Å². The van der Waals surface area contributed by atoms with Gasteiger partial charge in [-0.05, 0) is 38.4 Å². The molecule has 2 heterocycles. The third kappa shape index (κ3) is 2.42. The van der Waals surface area contributed by atoms with Gasteiger partial charge in [-0.2, -0.15) is 5.10 Å². The van der Waals surface area contributed by atoms with Crippen molar-refractivity contribution in [3.8, 4) is 0 Å². The number of rotatable bonds is 4. The van der Waals surface area contributed by atoms with E-state index in [4.69, 9.17) is 0 Å². The highest BCUT2D eigenvalue weighted by Gasteiger charge is 2.26. The third-order valence-electron chi connectivity index (χ3n) is 2.91. The van der Waals surface area contributed by atoms with Crippen molar-refractivity contribution >= 4 is 10.0 Å². The second-order valence-electron chi connectivity index (χ2n) is 4.08. The summed E-state index contributed by atoms with van der Waals surface area (Å²) in [7, 11) is -3.45. The molecule has 1 aliphatic rings. The summed E-state index contributed by atoms with van der Waals surface area (Å²) < 4.78 is 26.4. The topological polar surface area (TPSA) is 86.9 Å². The van der Waals surface area contributed by atoms with Crippen LogP contribution in [-0.2, 0) is 10.0 Å². The zero-order valence-corrected chi connectivity index (χ0v) is 9.92. The van der Waals surface area contributed by atoms with E-state index in [9.17, 15) is 8.42 Å². The van der Waals surface area contributed by atoms with Crippen molar-refractivity contribution < 1.29 is 8.42 Å². The Labute approximate surface area is 94.9 Å². The number of nitrogens with zero attached hydrogens (tertiary/aromatic N) is 1. The molecule has 7 heteroatoms. The van der Waals surface area contributed by atoms with Gasteiger partial charge in [-0.15, -0.1) is 0 Å². The molecule has 0 amide bonds. The highest BCUT2D eigenvalue weighted by Crippen LogP contribution is 2.14. The summed E-state index contributed by atoms with van der Waals surface area (Å²) in [5.41, 5.74) is 0. The molecule has 1 aromatic rings. The van der Waals surface area contributed by atoms with Crippen molar-refractivity contribution in [1.29, 1.82) is 0 Å². The van der Waals surface area contributed by atoms with E-state index in [2.05, 4.69) is 20.2 Å². The van der Waals surface area contributed by atoms with E-state index >= 15 is 0 Å². The fourth-order valence-electron chi connectivity index (χ4n) is 1.90. The molecule has 1 saturated heterocycles. The Kier molecular flexibility index (Phi) is 3.27. The molecule has 0 saturated carbocycles. The molecule has 2 rings (SSSR count). The van der Waals surface area contributed by atoms with Crippen LogP contribution in [0.1, 0.15) is 13.3 Å². The Balaban J connectivity index is 2.03. The van der Waals surface area contributed by atoms with Gasteiger partial charge in [0.05, 0.1) is 6.20 Å². The Morgan fingerprint density at radius 2 is 2.44 bits per heavy atom. The zero-order valence-electron chi connectivity index (χ0n) is 9.10. The van der Waals surface area contributed by atoms with Crippen LogP contribution in [0.2, 0.25) is 0 Å². The lowest BCUT2D eigenvalue weighted by Crippen LogP contribution is -2.39. The van der Waals surface area contributed by atoms with E-state index in [1.54, 1.807) is 0 Å².